The zero-order valence-corrected chi connectivity index (χ0v) is 9.93. The van der Waals surface area contributed by atoms with Gasteiger partial charge in [-0.05, 0) is 20.3 Å². The van der Waals surface area contributed by atoms with Crippen molar-refractivity contribution in [2.45, 2.75) is 32.8 Å². The fourth-order valence-corrected chi connectivity index (χ4v) is 0.588. The number of esters is 2. The number of ether oxygens (including phenoxy) is 2. The van der Waals surface area contributed by atoms with Crippen LogP contribution in [-0.2, 0) is 19.1 Å². The molecule has 2 N–H and O–H groups in total. The highest BCUT2D eigenvalue weighted by Crippen LogP contribution is 1.88. The van der Waals surface area contributed by atoms with E-state index in [2.05, 4.69) is 9.47 Å². The largest absolute Gasteiger partial charge is 0.469 e. The third kappa shape index (κ3) is 12.9. The fraction of sp³-hybridized carbons (Fsp3) is 0.800. The molecule has 0 aliphatic rings. The Labute approximate surface area is 95.2 Å². The van der Waals surface area contributed by atoms with Crippen LogP contribution >= 0.6 is 0 Å². The van der Waals surface area contributed by atoms with E-state index in [0.717, 1.165) is 0 Å². The summed E-state index contributed by atoms with van der Waals surface area (Å²) in [4.78, 5) is 20.5. The molecule has 0 spiro atoms. The van der Waals surface area contributed by atoms with Crippen LogP contribution in [0.3, 0.4) is 0 Å². The number of aliphatic hydroxyl groups is 2. The molecule has 0 rings (SSSR count). The monoisotopic (exact) mass is 236 g/mol. The maximum absolute atomic E-state index is 10.3. The molecule has 0 aliphatic carbocycles. The van der Waals surface area contributed by atoms with Crippen LogP contribution in [0.4, 0.5) is 0 Å². The molecular formula is C10H20O6. The van der Waals surface area contributed by atoms with Gasteiger partial charge in [0.15, 0.2) is 0 Å². The number of hydrogen-bond donors (Lipinski definition) is 2. The number of aliphatic hydroxyl groups excluding tert-OH is 2. The number of carbonyl (C=O) groups is 2. The second-order valence-electron chi connectivity index (χ2n) is 2.83. The molecule has 1 atom stereocenters. The van der Waals surface area contributed by atoms with Crippen LogP contribution in [0.1, 0.15) is 26.7 Å². The molecule has 6 heteroatoms. The Morgan fingerprint density at radius 1 is 1.38 bits per heavy atom. The van der Waals surface area contributed by atoms with Crippen LogP contribution in [0.5, 0.6) is 0 Å². The van der Waals surface area contributed by atoms with E-state index in [-0.39, 0.29) is 12.6 Å². The maximum Gasteiger partial charge on any atom is 0.334 e. The van der Waals surface area contributed by atoms with Gasteiger partial charge in [-0.15, -0.1) is 0 Å². The van der Waals surface area contributed by atoms with Gasteiger partial charge in [0.05, 0.1) is 13.7 Å². The van der Waals surface area contributed by atoms with Gasteiger partial charge in [0.25, 0.3) is 0 Å². The van der Waals surface area contributed by atoms with E-state index in [1.165, 1.54) is 14.0 Å². The first kappa shape index (κ1) is 17.3. The summed E-state index contributed by atoms with van der Waals surface area (Å²) in [6.07, 6.45) is -0.186. The van der Waals surface area contributed by atoms with E-state index in [0.29, 0.717) is 19.4 Å². The summed E-state index contributed by atoms with van der Waals surface area (Å²) in [5.74, 6) is -0.827. The molecule has 0 amide bonds. The van der Waals surface area contributed by atoms with E-state index in [4.69, 9.17) is 10.2 Å². The molecule has 0 aliphatic heterocycles. The van der Waals surface area contributed by atoms with Gasteiger partial charge < -0.3 is 19.7 Å². The molecule has 0 aromatic heterocycles. The van der Waals surface area contributed by atoms with E-state index in [9.17, 15) is 9.59 Å². The Balaban J connectivity index is 0. The zero-order chi connectivity index (χ0) is 13.0. The quantitative estimate of drug-likeness (QED) is 0.645. The van der Waals surface area contributed by atoms with Gasteiger partial charge in [-0.2, -0.15) is 0 Å². The third-order valence-corrected chi connectivity index (χ3v) is 1.39. The molecule has 0 aromatic carbocycles. The zero-order valence-electron chi connectivity index (χ0n) is 9.93. The highest BCUT2D eigenvalue weighted by Gasteiger charge is 2.07. The molecule has 96 valence electrons. The highest BCUT2D eigenvalue weighted by atomic mass is 16.5. The molecule has 16 heavy (non-hydrogen) atoms. The third-order valence-electron chi connectivity index (χ3n) is 1.39. The SMILES string of the molecule is CCOC(=O)C(C)O.COC(=O)CCCO. The predicted molar refractivity (Wildman–Crippen MR) is 56.6 cm³/mol. The normalized spacial score (nSPS) is 10.8. The molecule has 0 heterocycles. The lowest BCUT2D eigenvalue weighted by molar-refractivity contribution is -0.151. The van der Waals surface area contributed by atoms with Gasteiger partial charge in [-0.25, -0.2) is 4.79 Å². The minimum absolute atomic E-state index is 0.0507. The molecular weight excluding hydrogens is 216 g/mol. The van der Waals surface area contributed by atoms with Gasteiger partial charge in [0, 0.05) is 13.0 Å². The first-order chi connectivity index (χ1) is 7.49. The number of methoxy groups -OCH3 is 1. The molecule has 0 saturated heterocycles. The lowest BCUT2D eigenvalue weighted by Gasteiger charge is -2.01. The van der Waals surface area contributed by atoms with Crippen molar-refractivity contribution >= 4 is 11.9 Å². The minimum Gasteiger partial charge on any atom is -0.469 e. The predicted octanol–water partition coefficient (Wildman–Crippen LogP) is -0.138. The Hall–Kier alpha value is -1.14. The maximum atomic E-state index is 10.3. The van der Waals surface area contributed by atoms with Crippen LogP contribution in [0.15, 0.2) is 0 Å². The van der Waals surface area contributed by atoms with Crippen LogP contribution in [0.25, 0.3) is 0 Å². The van der Waals surface area contributed by atoms with Crippen molar-refractivity contribution in [1.82, 2.24) is 0 Å². The summed E-state index contributed by atoms with van der Waals surface area (Å²) >= 11 is 0. The fourth-order valence-electron chi connectivity index (χ4n) is 0.588. The van der Waals surface area contributed by atoms with Crippen molar-refractivity contribution in [2.75, 3.05) is 20.3 Å². The van der Waals surface area contributed by atoms with E-state index < -0.39 is 12.1 Å². The van der Waals surface area contributed by atoms with Gasteiger partial charge >= 0.3 is 11.9 Å². The lowest BCUT2D eigenvalue weighted by atomic mass is 10.3. The Morgan fingerprint density at radius 2 is 1.94 bits per heavy atom. The summed E-state index contributed by atoms with van der Waals surface area (Å²) in [6, 6.07) is 0. The summed E-state index contributed by atoms with van der Waals surface area (Å²) in [5, 5.41) is 16.7. The molecule has 0 bridgehead atoms. The van der Waals surface area contributed by atoms with Crippen molar-refractivity contribution in [3.05, 3.63) is 0 Å². The molecule has 0 aromatic rings. The van der Waals surface area contributed by atoms with Crippen LogP contribution in [-0.4, -0.2) is 48.6 Å². The van der Waals surface area contributed by atoms with Gasteiger partial charge in [-0.3, -0.25) is 4.79 Å². The van der Waals surface area contributed by atoms with Crippen molar-refractivity contribution in [3.63, 3.8) is 0 Å². The summed E-state index contributed by atoms with van der Waals surface area (Å²) < 4.78 is 8.72. The van der Waals surface area contributed by atoms with E-state index in [1.54, 1.807) is 6.92 Å². The minimum atomic E-state index is -0.991. The highest BCUT2D eigenvalue weighted by molar-refractivity contribution is 5.73. The molecule has 1 unspecified atom stereocenters. The first-order valence-corrected chi connectivity index (χ1v) is 5.01. The van der Waals surface area contributed by atoms with Crippen molar-refractivity contribution in [1.29, 1.82) is 0 Å². The average molecular weight is 236 g/mol. The summed E-state index contributed by atoms with van der Waals surface area (Å²) in [6.45, 7) is 3.44. The van der Waals surface area contributed by atoms with E-state index in [1.807, 2.05) is 0 Å². The topological polar surface area (TPSA) is 93.1 Å². The molecule has 0 saturated carbocycles. The Kier molecular flexibility index (Phi) is 12.9. The van der Waals surface area contributed by atoms with E-state index >= 15 is 0 Å². The Morgan fingerprint density at radius 3 is 2.19 bits per heavy atom. The second kappa shape index (κ2) is 11.9. The number of rotatable bonds is 5. The second-order valence-corrected chi connectivity index (χ2v) is 2.83. The molecule has 6 nitrogen and oxygen atoms in total. The van der Waals surface area contributed by atoms with Gasteiger partial charge in [0.2, 0.25) is 0 Å². The van der Waals surface area contributed by atoms with Crippen molar-refractivity contribution in [2.24, 2.45) is 0 Å². The Bertz CT molecular complexity index is 190. The smallest absolute Gasteiger partial charge is 0.334 e. The standard InChI is InChI=1S/2C5H10O3/c1-8-5(7)3-2-4-6;1-3-8-5(7)4(2)6/h6H,2-4H2,1H3;4,6H,3H2,1-2H3. The summed E-state index contributed by atoms with van der Waals surface area (Å²) in [5.41, 5.74) is 0. The lowest BCUT2D eigenvalue weighted by Crippen LogP contribution is -2.18. The van der Waals surface area contributed by atoms with Gasteiger partial charge in [-0.1, -0.05) is 0 Å². The van der Waals surface area contributed by atoms with Gasteiger partial charge in [0.1, 0.15) is 6.10 Å². The number of carbonyl (C=O) groups excluding carboxylic acids is 2. The molecule has 0 fully saturated rings. The molecule has 0 radical (unpaired) electrons. The first-order valence-electron chi connectivity index (χ1n) is 5.01. The van der Waals surface area contributed by atoms with Crippen molar-refractivity contribution in [3.8, 4) is 0 Å². The van der Waals surface area contributed by atoms with Crippen molar-refractivity contribution < 1.29 is 29.3 Å². The van der Waals surface area contributed by atoms with Crippen LogP contribution < -0.4 is 0 Å². The van der Waals surface area contributed by atoms with Crippen LogP contribution in [0, 0.1) is 0 Å². The average Bonchev–Trinajstić information content (AvgIpc) is 2.27. The summed E-state index contributed by atoms with van der Waals surface area (Å²) in [7, 11) is 1.33. The van der Waals surface area contributed by atoms with Crippen LogP contribution in [0.2, 0.25) is 0 Å². The number of hydrogen-bond acceptors (Lipinski definition) is 6.